The fourth-order valence-electron chi connectivity index (χ4n) is 6.31. The number of aliphatic hydroxyl groups excluding tert-OH is 1. The predicted molar refractivity (Wildman–Crippen MR) is 131 cm³/mol. The van der Waals surface area contributed by atoms with Crippen LogP contribution in [-0.2, 0) is 4.74 Å². The highest BCUT2D eigenvalue weighted by molar-refractivity contribution is 5.56. The Morgan fingerprint density at radius 3 is 2.89 bits per heavy atom. The first kappa shape index (κ1) is 24.1. The number of aryl methyl sites for hydroxylation is 2. The standard InChI is InChI=1S/C26H35N7O2/c1-15-12-29-30-16(2)24(15)17(3)35-21-6-7-23-22(10-21)25(32-31-23)19-9-18(11-27)26(28-13-19)33-8-4-5-20(33)14-34/h9,12-13,17,20-23,25,31-32,34H,4-8,10,14H2,1-3H3/t17-,20-,21?,22?,23?,25?/m1/s1. The van der Waals surface area contributed by atoms with Gasteiger partial charge in [0.05, 0.1) is 48.4 Å². The molecule has 9 heteroatoms. The van der Waals surface area contributed by atoms with Crippen LogP contribution in [0, 0.1) is 31.1 Å². The maximum atomic E-state index is 9.89. The summed E-state index contributed by atoms with van der Waals surface area (Å²) in [6, 6.07) is 4.79. The van der Waals surface area contributed by atoms with Gasteiger partial charge in [0.15, 0.2) is 0 Å². The molecule has 5 rings (SSSR count). The average molecular weight is 478 g/mol. The van der Waals surface area contributed by atoms with Crippen LogP contribution in [-0.4, -0.2) is 51.6 Å². The van der Waals surface area contributed by atoms with E-state index in [2.05, 4.69) is 45.9 Å². The summed E-state index contributed by atoms with van der Waals surface area (Å²) in [5.41, 5.74) is 11.7. The summed E-state index contributed by atoms with van der Waals surface area (Å²) in [5, 5.41) is 27.9. The number of fused-ring (bicyclic) bond motifs is 1. The molecule has 0 aromatic carbocycles. The van der Waals surface area contributed by atoms with E-state index in [0.29, 0.717) is 23.3 Å². The van der Waals surface area contributed by atoms with Gasteiger partial charge in [-0.3, -0.25) is 5.43 Å². The van der Waals surface area contributed by atoms with Crippen molar-refractivity contribution in [2.45, 2.75) is 83.2 Å². The van der Waals surface area contributed by atoms with Gasteiger partial charge in [0, 0.05) is 24.3 Å². The van der Waals surface area contributed by atoms with Crippen LogP contribution in [0.25, 0.3) is 0 Å². The number of hydrogen-bond acceptors (Lipinski definition) is 9. The number of anilines is 1. The topological polar surface area (TPSA) is 119 Å². The van der Waals surface area contributed by atoms with Gasteiger partial charge >= 0.3 is 0 Å². The van der Waals surface area contributed by atoms with Crippen LogP contribution in [0.3, 0.4) is 0 Å². The Bertz CT molecular complexity index is 1080. The van der Waals surface area contributed by atoms with E-state index in [-0.39, 0.29) is 30.9 Å². The summed E-state index contributed by atoms with van der Waals surface area (Å²) in [7, 11) is 0. The third-order valence-electron chi connectivity index (χ3n) is 8.01. The van der Waals surface area contributed by atoms with E-state index in [4.69, 9.17) is 9.72 Å². The number of pyridine rings is 1. The molecule has 3 N–H and O–H groups in total. The van der Waals surface area contributed by atoms with E-state index in [1.165, 1.54) is 0 Å². The number of aliphatic hydroxyl groups is 1. The maximum Gasteiger partial charge on any atom is 0.146 e. The SMILES string of the molecule is Cc1cnnc(C)c1[C@@H](C)OC1CCC2NNC(c3cnc(N4CCC[C@@H]4CO)c(C#N)c3)C2C1. The molecule has 0 bridgehead atoms. The molecule has 4 heterocycles. The van der Waals surface area contributed by atoms with E-state index in [1.54, 1.807) is 6.20 Å². The summed E-state index contributed by atoms with van der Waals surface area (Å²) in [5.74, 6) is 1.03. The molecule has 4 unspecified atom stereocenters. The molecular formula is C26H35N7O2. The Balaban J connectivity index is 1.32. The number of nitriles is 1. The van der Waals surface area contributed by atoms with Gasteiger partial charge in [-0.05, 0) is 76.0 Å². The van der Waals surface area contributed by atoms with Gasteiger partial charge < -0.3 is 14.7 Å². The van der Waals surface area contributed by atoms with Crippen LogP contribution >= 0.6 is 0 Å². The lowest BCUT2D eigenvalue weighted by molar-refractivity contribution is -0.0377. The monoisotopic (exact) mass is 477 g/mol. The Hall–Kier alpha value is -2.64. The first-order chi connectivity index (χ1) is 17.0. The fourth-order valence-corrected chi connectivity index (χ4v) is 6.31. The van der Waals surface area contributed by atoms with Gasteiger partial charge in [0.1, 0.15) is 11.9 Å². The molecule has 2 saturated heterocycles. The number of nitrogens with one attached hydrogen (secondary N) is 2. The normalized spacial score (nSPS) is 29.1. The summed E-state index contributed by atoms with van der Waals surface area (Å²) in [6.07, 6.45) is 8.70. The van der Waals surface area contributed by atoms with Crippen molar-refractivity contribution in [2.24, 2.45) is 5.92 Å². The minimum atomic E-state index is -0.0427. The van der Waals surface area contributed by atoms with Gasteiger partial charge in [-0.15, -0.1) is 0 Å². The Labute approximate surface area is 206 Å². The lowest BCUT2D eigenvalue weighted by atomic mass is 9.78. The molecule has 2 aromatic rings. The highest BCUT2D eigenvalue weighted by Crippen LogP contribution is 2.41. The summed E-state index contributed by atoms with van der Waals surface area (Å²) < 4.78 is 6.57. The molecule has 0 amide bonds. The molecule has 6 atom stereocenters. The highest BCUT2D eigenvalue weighted by atomic mass is 16.5. The van der Waals surface area contributed by atoms with Gasteiger partial charge in [-0.2, -0.15) is 15.5 Å². The largest absolute Gasteiger partial charge is 0.394 e. The van der Waals surface area contributed by atoms with Crippen molar-refractivity contribution < 1.29 is 9.84 Å². The molecular weight excluding hydrogens is 442 g/mol. The quantitative estimate of drug-likeness (QED) is 0.577. The van der Waals surface area contributed by atoms with E-state index in [1.807, 2.05) is 19.2 Å². The van der Waals surface area contributed by atoms with Crippen molar-refractivity contribution in [2.75, 3.05) is 18.1 Å². The predicted octanol–water partition coefficient (Wildman–Crippen LogP) is 2.79. The summed E-state index contributed by atoms with van der Waals surface area (Å²) in [4.78, 5) is 6.80. The summed E-state index contributed by atoms with van der Waals surface area (Å²) in [6.45, 7) is 7.06. The van der Waals surface area contributed by atoms with Crippen molar-refractivity contribution in [3.8, 4) is 6.07 Å². The molecule has 2 aliphatic heterocycles. The molecule has 1 saturated carbocycles. The first-order valence-corrected chi connectivity index (χ1v) is 12.7. The minimum Gasteiger partial charge on any atom is -0.394 e. The molecule has 9 nitrogen and oxygen atoms in total. The molecule has 3 fully saturated rings. The number of ether oxygens (including phenoxy) is 1. The third kappa shape index (κ3) is 4.64. The molecule has 1 aliphatic carbocycles. The number of hydrazine groups is 1. The van der Waals surface area contributed by atoms with Crippen LogP contribution in [0.2, 0.25) is 0 Å². The molecule has 0 radical (unpaired) electrons. The second-order valence-electron chi connectivity index (χ2n) is 10.2. The molecule has 35 heavy (non-hydrogen) atoms. The van der Waals surface area contributed by atoms with Crippen LogP contribution in [0.4, 0.5) is 5.82 Å². The van der Waals surface area contributed by atoms with Gasteiger partial charge in [-0.1, -0.05) is 0 Å². The van der Waals surface area contributed by atoms with Crippen LogP contribution in [0.5, 0.6) is 0 Å². The lowest BCUT2D eigenvalue weighted by Crippen LogP contribution is -2.37. The zero-order valence-electron chi connectivity index (χ0n) is 20.7. The van der Waals surface area contributed by atoms with E-state index in [0.717, 1.165) is 61.0 Å². The minimum absolute atomic E-state index is 0.0391. The highest BCUT2D eigenvalue weighted by Gasteiger charge is 2.42. The number of aromatic nitrogens is 3. The average Bonchev–Trinajstić information content (AvgIpc) is 3.50. The van der Waals surface area contributed by atoms with Crippen molar-refractivity contribution in [3.05, 3.63) is 46.4 Å². The molecule has 3 aliphatic rings. The fraction of sp³-hybridized carbons (Fsp3) is 0.615. The molecule has 186 valence electrons. The number of nitrogens with zero attached hydrogens (tertiary/aromatic N) is 5. The third-order valence-corrected chi connectivity index (χ3v) is 8.01. The zero-order valence-corrected chi connectivity index (χ0v) is 20.7. The Morgan fingerprint density at radius 1 is 1.26 bits per heavy atom. The van der Waals surface area contributed by atoms with Crippen molar-refractivity contribution in [3.63, 3.8) is 0 Å². The van der Waals surface area contributed by atoms with Gasteiger partial charge in [0.2, 0.25) is 0 Å². The molecule has 2 aromatic heterocycles. The second kappa shape index (κ2) is 10.2. The van der Waals surface area contributed by atoms with Crippen LogP contribution in [0.15, 0.2) is 18.5 Å². The smallest absolute Gasteiger partial charge is 0.146 e. The molecule has 0 spiro atoms. The van der Waals surface area contributed by atoms with Crippen molar-refractivity contribution >= 4 is 5.82 Å². The van der Waals surface area contributed by atoms with Crippen LogP contribution < -0.4 is 15.8 Å². The Morgan fingerprint density at radius 2 is 2.11 bits per heavy atom. The first-order valence-electron chi connectivity index (χ1n) is 12.7. The zero-order chi connectivity index (χ0) is 24.5. The van der Waals surface area contributed by atoms with Gasteiger partial charge in [0.25, 0.3) is 0 Å². The second-order valence-corrected chi connectivity index (χ2v) is 10.2. The van der Waals surface area contributed by atoms with E-state index >= 15 is 0 Å². The maximum absolute atomic E-state index is 9.89. The lowest BCUT2D eigenvalue weighted by Gasteiger charge is -2.35. The van der Waals surface area contributed by atoms with E-state index in [9.17, 15) is 10.4 Å². The number of hydrogen-bond donors (Lipinski definition) is 3. The number of rotatable bonds is 6. The van der Waals surface area contributed by atoms with Crippen molar-refractivity contribution in [1.82, 2.24) is 26.0 Å². The van der Waals surface area contributed by atoms with Crippen molar-refractivity contribution in [1.29, 1.82) is 5.26 Å². The van der Waals surface area contributed by atoms with E-state index < -0.39 is 0 Å². The van der Waals surface area contributed by atoms with Crippen LogP contribution in [0.1, 0.15) is 79.1 Å². The van der Waals surface area contributed by atoms with Gasteiger partial charge in [-0.25, -0.2) is 10.4 Å². The Kier molecular flexibility index (Phi) is 6.98. The summed E-state index contributed by atoms with van der Waals surface area (Å²) >= 11 is 0.